The maximum Gasteiger partial charge on any atom is 0.361 e. The van der Waals surface area contributed by atoms with Gasteiger partial charge < -0.3 is 28.5 Å². The number of carboxylic acids is 1. The Balaban J connectivity index is 4.49. The molecule has 0 rings (SSSR count). The lowest BCUT2D eigenvalue weighted by Gasteiger charge is -2.25. The molecule has 0 saturated carbocycles. The summed E-state index contributed by atoms with van der Waals surface area (Å²) < 4.78 is 22.6. The van der Waals surface area contributed by atoms with Gasteiger partial charge in [0.05, 0.1) is 34.4 Å². The van der Waals surface area contributed by atoms with Gasteiger partial charge in [0.1, 0.15) is 13.2 Å². The van der Waals surface area contributed by atoms with Gasteiger partial charge in [-0.25, -0.2) is 4.79 Å². The number of unbranched alkanes of at least 4 members (excludes halogenated alkanes) is 12. The molecule has 1 N–H and O–H groups in total. The van der Waals surface area contributed by atoms with Crippen LogP contribution in [0.2, 0.25) is 0 Å². The van der Waals surface area contributed by atoms with E-state index in [0.717, 1.165) is 109 Å². The maximum atomic E-state index is 12.7. The first-order chi connectivity index (χ1) is 26.1. The van der Waals surface area contributed by atoms with E-state index in [4.69, 9.17) is 18.9 Å². The molecule has 0 radical (unpaired) electrons. The molecule has 2 atom stereocenters. The van der Waals surface area contributed by atoms with Gasteiger partial charge in [0.2, 0.25) is 0 Å². The molecule has 0 aromatic carbocycles. The molecule has 0 amide bonds. The van der Waals surface area contributed by atoms with Crippen LogP contribution in [-0.2, 0) is 33.3 Å². The number of carboxylic acid groups (broad SMARTS) is 1. The minimum absolute atomic E-state index is 0.180. The summed E-state index contributed by atoms with van der Waals surface area (Å²) >= 11 is 0. The molecule has 0 spiro atoms. The molecule has 9 heteroatoms. The van der Waals surface area contributed by atoms with E-state index in [-0.39, 0.29) is 38.6 Å². The van der Waals surface area contributed by atoms with Crippen LogP contribution in [0.5, 0.6) is 0 Å². The molecule has 0 bridgehead atoms. The molecule has 0 aliphatic rings. The number of hydrogen-bond donors (Lipinski definition) is 1. The predicted molar refractivity (Wildman–Crippen MR) is 221 cm³/mol. The molecule has 2 unspecified atom stereocenters. The third-order valence-corrected chi connectivity index (χ3v) is 8.49. The van der Waals surface area contributed by atoms with Gasteiger partial charge in [-0.1, -0.05) is 126 Å². The summed E-state index contributed by atoms with van der Waals surface area (Å²) in [5, 5.41) is 9.60. The fourth-order valence-electron chi connectivity index (χ4n) is 5.24. The number of hydrogen-bond acceptors (Lipinski definition) is 7. The summed E-state index contributed by atoms with van der Waals surface area (Å²) in [5.41, 5.74) is 0. The molecule has 0 aromatic rings. The van der Waals surface area contributed by atoms with Gasteiger partial charge in [0, 0.05) is 12.8 Å². The largest absolute Gasteiger partial charge is 0.477 e. The van der Waals surface area contributed by atoms with Gasteiger partial charge in [0.25, 0.3) is 6.29 Å². The second-order valence-electron chi connectivity index (χ2n) is 14.9. The van der Waals surface area contributed by atoms with Crippen LogP contribution in [0.1, 0.15) is 149 Å². The molecule has 0 aliphatic heterocycles. The third-order valence-electron chi connectivity index (χ3n) is 8.49. The summed E-state index contributed by atoms with van der Waals surface area (Å²) in [6, 6.07) is 0. The van der Waals surface area contributed by atoms with Crippen LogP contribution in [0.15, 0.2) is 60.8 Å². The first-order valence-corrected chi connectivity index (χ1v) is 21.0. The van der Waals surface area contributed by atoms with Gasteiger partial charge in [-0.3, -0.25) is 9.59 Å². The number of nitrogens with zero attached hydrogens (tertiary/aromatic N) is 1. The standard InChI is InChI=1S/C45H77NO8/c1-6-8-10-12-14-16-18-19-20-21-22-23-24-25-26-28-30-32-34-36-43(48)54-41(40-53-45(44(49)50)51-38-37-46(3,4)5)39-52-42(47)35-33-31-29-27-17-15-13-11-9-7-2/h8,10-11,13-14,16,19-20,22-23,41,45H,6-7,9,12,15,17-18,21,24-40H2,1-5H3/p+1/b10-8-,13-11-,16-14-,20-19-,23-22-. The zero-order chi connectivity index (χ0) is 40.0. The summed E-state index contributed by atoms with van der Waals surface area (Å²) in [5.74, 6) is -2.05. The number of quaternary nitrogens is 1. The Morgan fingerprint density at radius 1 is 0.574 bits per heavy atom. The highest BCUT2D eigenvalue weighted by atomic mass is 16.7. The van der Waals surface area contributed by atoms with Gasteiger partial charge in [-0.2, -0.15) is 0 Å². The summed E-state index contributed by atoms with van der Waals surface area (Å²) in [4.78, 5) is 37.0. The second-order valence-corrected chi connectivity index (χ2v) is 14.9. The Kier molecular flexibility index (Phi) is 34.9. The zero-order valence-corrected chi connectivity index (χ0v) is 34.9. The fraction of sp³-hybridized carbons (Fsp3) is 0.711. The number of carbonyl (C=O) groups excluding carboxylic acids is 2. The summed E-state index contributed by atoms with van der Waals surface area (Å²) in [6.07, 6.45) is 40.0. The Labute approximate surface area is 329 Å². The number of likely N-dealkylation sites (N-methyl/N-ethyl adjacent to an activating group) is 1. The minimum atomic E-state index is -1.52. The van der Waals surface area contributed by atoms with Crippen molar-refractivity contribution in [2.45, 2.75) is 161 Å². The van der Waals surface area contributed by atoms with E-state index in [2.05, 4.69) is 74.6 Å². The average Bonchev–Trinajstić information content (AvgIpc) is 3.12. The third kappa shape index (κ3) is 37.3. The van der Waals surface area contributed by atoms with Crippen LogP contribution in [0.4, 0.5) is 0 Å². The predicted octanol–water partition coefficient (Wildman–Crippen LogP) is 10.6. The number of rotatable bonds is 37. The molecule has 0 fully saturated rings. The number of allylic oxidation sites excluding steroid dienone is 10. The summed E-state index contributed by atoms with van der Waals surface area (Å²) in [6.45, 7) is 4.64. The van der Waals surface area contributed by atoms with Crippen LogP contribution < -0.4 is 0 Å². The lowest BCUT2D eigenvalue weighted by atomic mass is 10.1. The van der Waals surface area contributed by atoms with Crippen molar-refractivity contribution in [3.63, 3.8) is 0 Å². The quantitative estimate of drug-likeness (QED) is 0.0219. The van der Waals surface area contributed by atoms with Crippen molar-refractivity contribution in [1.29, 1.82) is 0 Å². The molecule has 310 valence electrons. The SMILES string of the molecule is CC/C=C\C/C=C\C/C=C\C/C=C\CCCCCCCCC(=O)OC(COC(=O)CCCCCCC/C=C\CCC)COC(OCC[N+](C)(C)C)C(=O)O. The van der Waals surface area contributed by atoms with Crippen LogP contribution in [0, 0.1) is 0 Å². The number of carbonyl (C=O) groups is 3. The molecule has 0 saturated heterocycles. The lowest BCUT2D eigenvalue weighted by molar-refractivity contribution is -0.870. The molecule has 54 heavy (non-hydrogen) atoms. The Bertz CT molecular complexity index is 1070. The zero-order valence-electron chi connectivity index (χ0n) is 34.9. The molecule has 9 nitrogen and oxygen atoms in total. The van der Waals surface area contributed by atoms with E-state index in [1.165, 1.54) is 6.42 Å². The van der Waals surface area contributed by atoms with E-state index in [1.54, 1.807) is 0 Å². The van der Waals surface area contributed by atoms with Crippen LogP contribution in [0.25, 0.3) is 0 Å². The van der Waals surface area contributed by atoms with Crippen molar-refractivity contribution in [3.05, 3.63) is 60.8 Å². The first kappa shape index (κ1) is 51.0. The van der Waals surface area contributed by atoms with E-state index in [1.807, 2.05) is 21.1 Å². The highest BCUT2D eigenvalue weighted by Crippen LogP contribution is 2.12. The van der Waals surface area contributed by atoms with Gasteiger partial charge >= 0.3 is 17.9 Å². The van der Waals surface area contributed by atoms with Crippen molar-refractivity contribution in [2.75, 3.05) is 47.5 Å². The van der Waals surface area contributed by atoms with Crippen molar-refractivity contribution in [3.8, 4) is 0 Å². The second kappa shape index (κ2) is 36.9. The van der Waals surface area contributed by atoms with Crippen molar-refractivity contribution in [2.24, 2.45) is 0 Å². The molecular formula is C45H78NO8+. The molecule has 0 aliphatic carbocycles. The van der Waals surface area contributed by atoms with E-state index >= 15 is 0 Å². The fourth-order valence-corrected chi connectivity index (χ4v) is 5.24. The Morgan fingerprint density at radius 3 is 1.59 bits per heavy atom. The number of esters is 2. The van der Waals surface area contributed by atoms with Crippen molar-refractivity contribution < 1.29 is 42.9 Å². The van der Waals surface area contributed by atoms with Crippen molar-refractivity contribution >= 4 is 17.9 Å². The maximum absolute atomic E-state index is 12.7. The Hall–Kier alpha value is -3.01. The highest BCUT2D eigenvalue weighted by molar-refractivity contribution is 5.71. The number of aliphatic carboxylic acids is 1. The average molecular weight is 761 g/mol. The lowest BCUT2D eigenvalue weighted by Crippen LogP contribution is -2.40. The first-order valence-electron chi connectivity index (χ1n) is 21.0. The monoisotopic (exact) mass is 761 g/mol. The molecule has 0 heterocycles. The highest BCUT2D eigenvalue weighted by Gasteiger charge is 2.25. The normalized spacial score (nSPS) is 13.6. The minimum Gasteiger partial charge on any atom is -0.477 e. The topological polar surface area (TPSA) is 108 Å². The van der Waals surface area contributed by atoms with Gasteiger partial charge in [-0.05, 0) is 70.6 Å². The Morgan fingerprint density at radius 2 is 1.06 bits per heavy atom. The summed E-state index contributed by atoms with van der Waals surface area (Å²) in [7, 11) is 5.93. The van der Waals surface area contributed by atoms with Gasteiger partial charge in [-0.15, -0.1) is 0 Å². The number of ether oxygens (including phenoxy) is 4. The van der Waals surface area contributed by atoms with Gasteiger partial charge in [0.15, 0.2) is 6.10 Å². The molecule has 0 aromatic heterocycles. The van der Waals surface area contributed by atoms with E-state index in [9.17, 15) is 19.5 Å². The van der Waals surface area contributed by atoms with Crippen LogP contribution >= 0.6 is 0 Å². The van der Waals surface area contributed by atoms with E-state index < -0.39 is 24.3 Å². The van der Waals surface area contributed by atoms with E-state index in [0.29, 0.717) is 17.4 Å². The van der Waals surface area contributed by atoms with Crippen LogP contribution in [-0.4, -0.2) is 87.4 Å². The van der Waals surface area contributed by atoms with Crippen LogP contribution in [0.3, 0.4) is 0 Å². The smallest absolute Gasteiger partial charge is 0.361 e. The van der Waals surface area contributed by atoms with Crippen molar-refractivity contribution in [1.82, 2.24) is 0 Å². The molecular weight excluding hydrogens is 682 g/mol.